The number of aryl methyl sites for hydroxylation is 2. The first kappa shape index (κ1) is 17.4. The van der Waals surface area contributed by atoms with Gasteiger partial charge in [0.05, 0.1) is 10.6 Å². The Morgan fingerprint density at radius 1 is 1.20 bits per heavy atom. The summed E-state index contributed by atoms with van der Waals surface area (Å²) in [5.41, 5.74) is 3.14. The summed E-state index contributed by atoms with van der Waals surface area (Å²) in [6.45, 7) is 4.49. The Balaban J connectivity index is 1.74. The predicted molar refractivity (Wildman–Crippen MR) is 95.6 cm³/mol. The summed E-state index contributed by atoms with van der Waals surface area (Å²) in [6.07, 6.45) is 0.510. The van der Waals surface area contributed by atoms with Crippen molar-refractivity contribution < 1.29 is 14.0 Å². The molecule has 4 nitrogen and oxygen atoms in total. The molecule has 130 valence electrons. The van der Waals surface area contributed by atoms with Crippen LogP contribution in [0.15, 0.2) is 36.4 Å². The minimum Gasteiger partial charge on any atom is -0.340 e. The van der Waals surface area contributed by atoms with Crippen LogP contribution in [-0.4, -0.2) is 24.4 Å². The maximum absolute atomic E-state index is 13.1. The number of nitrogens with one attached hydrogen (secondary N) is 1. The van der Waals surface area contributed by atoms with Gasteiger partial charge >= 0.3 is 0 Å². The molecule has 1 saturated heterocycles. The fourth-order valence-corrected chi connectivity index (χ4v) is 3.34. The summed E-state index contributed by atoms with van der Waals surface area (Å²) in [4.78, 5) is 26.7. The van der Waals surface area contributed by atoms with E-state index in [0.29, 0.717) is 13.0 Å². The first-order valence-corrected chi connectivity index (χ1v) is 8.38. The fraction of sp³-hybridized carbons (Fsp3) is 0.263. The first-order valence-electron chi connectivity index (χ1n) is 8.01. The Bertz CT molecular complexity index is 833. The molecule has 1 aliphatic rings. The van der Waals surface area contributed by atoms with Gasteiger partial charge in [-0.3, -0.25) is 9.59 Å². The Kier molecular flexibility index (Phi) is 4.77. The van der Waals surface area contributed by atoms with Gasteiger partial charge < -0.3 is 10.2 Å². The van der Waals surface area contributed by atoms with E-state index < -0.39 is 17.8 Å². The van der Waals surface area contributed by atoms with Crippen molar-refractivity contribution in [3.05, 3.63) is 63.9 Å². The van der Waals surface area contributed by atoms with Crippen molar-refractivity contribution >= 4 is 29.1 Å². The Hall–Kier alpha value is -2.40. The van der Waals surface area contributed by atoms with Crippen LogP contribution in [0, 0.1) is 19.7 Å². The number of carbonyl (C=O) groups excluding carboxylic acids is 2. The molecule has 1 N–H and O–H groups in total. The molecule has 1 aliphatic heterocycles. The summed E-state index contributed by atoms with van der Waals surface area (Å²) in [7, 11) is 0. The molecule has 3 rings (SSSR count). The van der Waals surface area contributed by atoms with Gasteiger partial charge in [-0.05, 0) is 61.7 Å². The molecule has 25 heavy (non-hydrogen) atoms. The van der Waals surface area contributed by atoms with Crippen LogP contribution in [0.25, 0.3) is 0 Å². The molecular weight excluding hydrogens is 343 g/mol. The van der Waals surface area contributed by atoms with E-state index in [0.717, 1.165) is 22.9 Å². The van der Waals surface area contributed by atoms with Crippen LogP contribution >= 0.6 is 11.6 Å². The molecule has 1 heterocycles. The molecule has 6 heteroatoms. The van der Waals surface area contributed by atoms with E-state index in [1.165, 1.54) is 12.1 Å². The fourth-order valence-electron chi connectivity index (χ4n) is 3.09. The Morgan fingerprint density at radius 2 is 1.88 bits per heavy atom. The highest BCUT2D eigenvalue weighted by Crippen LogP contribution is 2.25. The standard InChI is InChI=1S/C19H18ClFN2O2/c1-11-7-12(2)9-14(8-11)23-6-5-17(19(23)25)22-18(24)15-4-3-13(21)10-16(15)20/h3-4,7-10,17H,5-6H2,1-2H3,(H,22,24)/t17-/m0/s1. The van der Waals surface area contributed by atoms with Gasteiger partial charge in [-0.15, -0.1) is 0 Å². The summed E-state index contributed by atoms with van der Waals surface area (Å²) in [6, 6.07) is 8.88. The van der Waals surface area contributed by atoms with Crippen molar-refractivity contribution in [3.8, 4) is 0 Å². The summed E-state index contributed by atoms with van der Waals surface area (Å²) in [5.74, 6) is -1.15. The number of rotatable bonds is 3. The van der Waals surface area contributed by atoms with Crippen molar-refractivity contribution in [1.29, 1.82) is 0 Å². The van der Waals surface area contributed by atoms with Crippen LogP contribution in [-0.2, 0) is 4.79 Å². The van der Waals surface area contributed by atoms with Crippen molar-refractivity contribution in [3.63, 3.8) is 0 Å². The smallest absolute Gasteiger partial charge is 0.253 e. The molecule has 2 aromatic rings. The minimum atomic E-state index is -0.616. The monoisotopic (exact) mass is 360 g/mol. The second kappa shape index (κ2) is 6.84. The summed E-state index contributed by atoms with van der Waals surface area (Å²) >= 11 is 5.91. The first-order chi connectivity index (χ1) is 11.8. The van der Waals surface area contributed by atoms with Gasteiger partial charge in [-0.1, -0.05) is 17.7 Å². The molecule has 0 spiro atoms. The van der Waals surface area contributed by atoms with E-state index in [4.69, 9.17) is 11.6 Å². The van der Waals surface area contributed by atoms with Crippen molar-refractivity contribution in [2.24, 2.45) is 0 Å². The maximum Gasteiger partial charge on any atom is 0.253 e. The molecule has 2 aromatic carbocycles. The van der Waals surface area contributed by atoms with Crippen LogP contribution in [0.3, 0.4) is 0 Å². The number of amides is 2. The highest BCUT2D eigenvalue weighted by atomic mass is 35.5. The van der Waals surface area contributed by atoms with E-state index in [9.17, 15) is 14.0 Å². The van der Waals surface area contributed by atoms with Crippen LogP contribution < -0.4 is 10.2 Å². The zero-order valence-electron chi connectivity index (χ0n) is 14.0. The second-order valence-electron chi connectivity index (χ2n) is 6.27. The lowest BCUT2D eigenvalue weighted by atomic mass is 10.1. The van der Waals surface area contributed by atoms with Crippen LogP contribution in [0.1, 0.15) is 27.9 Å². The molecule has 0 aliphatic carbocycles. The van der Waals surface area contributed by atoms with Crippen LogP contribution in [0.2, 0.25) is 5.02 Å². The molecule has 0 bridgehead atoms. The van der Waals surface area contributed by atoms with Gasteiger partial charge in [0.2, 0.25) is 5.91 Å². The normalized spacial score (nSPS) is 17.0. The Morgan fingerprint density at radius 3 is 2.52 bits per heavy atom. The van der Waals surface area contributed by atoms with Gasteiger partial charge in [0.1, 0.15) is 11.9 Å². The molecule has 1 atom stereocenters. The average molecular weight is 361 g/mol. The third-order valence-corrected chi connectivity index (χ3v) is 4.52. The minimum absolute atomic E-state index is 0.0223. The molecule has 0 saturated carbocycles. The summed E-state index contributed by atoms with van der Waals surface area (Å²) in [5, 5.41) is 2.72. The van der Waals surface area contributed by atoms with E-state index in [2.05, 4.69) is 5.32 Å². The molecular formula is C19H18ClFN2O2. The number of nitrogens with zero attached hydrogens (tertiary/aromatic N) is 1. The van der Waals surface area contributed by atoms with Crippen LogP contribution in [0.5, 0.6) is 0 Å². The van der Waals surface area contributed by atoms with Crippen molar-refractivity contribution in [1.82, 2.24) is 5.32 Å². The number of anilines is 1. The number of hydrogen-bond acceptors (Lipinski definition) is 2. The van der Waals surface area contributed by atoms with E-state index in [1.807, 2.05) is 32.0 Å². The SMILES string of the molecule is Cc1cc(C)cc(N2CC[C@H](NC(=O)c3ccc(F)cc3Cl)C2=O)c1. The summed E-state index contributed by atoms with van der Waals surface area (Å²) < 4.78 is 13.1. The zero-order valence-corrected chi connectivity index (χ0v) is 14.7. The highest BCUT2D eigenvalue weighted by molar-refractivity contribution is 6.33. The van der Waals surface area contributed by atoms with E-state index in [-0.39, 0.29) is 16.5 Å². The van der Waals surface area contributed by atoms with Gasteiger partial charge in [0, 0.05) is 12.2 Å². The topological polar surface area (TPSA) is 49.4 Å². The number of benzene rings is 2. The number of halogens is 2. The third-order valence-electron chi connectivity index (χ3n) is 4.20. The highest BCUT2D eigenvalue weighted by Gasteiger charge is 2.34. The van der Waals surface area contributed by atoms with Crippen molar-refractivity contribution in [2.75, 3.05) is 11.4 Å². The molecule has 0 unspecified atom stereocenters. The predicted octanol–water partition coefficient (Wildman–Crippen LogP) is 3.63. The molecule has 0 aromatic heterocycles. The van der Waals surface area contributed by atoms with Gasteiger partial charge in [-0.2, -0.15) is 0 Å². The third kappa shape index (κ3) is 3.66. The largest absolute Gasteiger partial charge is 0.340 e. The molecule has 1 fully saturated rings. The number of carbonyl (C=O) groups is 2. The van der Waals surface area contributed by atoms with E-state index >= 15 is 0 Å². The maximum atomic E-state index is 13.1. The zero-order chi connectivity index (χ0) is 18.1. The van der Waals surface area contributed by atoms with Gasteiger partial charge in [0.25, 0.3) is 5.91 Å². The lowest BCUT2D eigenvalue weighted by Crippen LogP contribution is -2.41. The van der Waals surface area contributed by atoms with Gasteiger partial charge in [0.15, 0.2) is 0 Å². The second-order valence-corrected chi connectivity index (χ2v) is 6.68. The molecule has 2 amide bonds. The lowest BCUT2D eigenvalue weighted by molar-refractivity contribution is -0.118. The van der Waals surface area contributed by atoms with E-state index in [1.54, 1.807) is 4.90 Å². The van der Waals surface area contributed by atoms with Crippen LogP contribution in [0.4, 0.5) is 10.1 Å². The quantitative estimate of drug-likeness (QED) is 0.908. The average Bonchev–Trinajstić information content (AvgIpc) is 2.87. The van der Waals surface area contributed by atoms with Gasteiger partial charge in [-0.25, -0.2) is 4.39 Å². The Labute approximate surface area is 150 Å². The lowest BCUT2D eigenvalue weighted by Gasteiger charge is -2.18. The molecule has 0 radical (unpaired) electrons. The van der Waals surface area contributed by atoms with Crippen molar-refractivity contribution in [2.45, 2.75) is 26.3 Å². The number of hydrogen-bond donors (Lipinski definition) is 1.